The molecule has 0 saturated carbocycles. The van der Waals surface area contributed by atoms with E-state index in [0.29, 0.717) is 6.42 Å². The van der Waals surface area contributed by atoms with Crippen LogP contribution in [0.3, 0.4) is 0 Å². The van der Waals surface area contributed by atoms with Crippen LogP contribution in [-0.2, 0) is 9.53 Å². The van der Waals surface area contributed by atoms with E-state index in [0.717, 1.165) is 28.2 Å². The molecule has 1 spiro atoms. The van der Waals surface area contributed by atoms with E-state index in [9.17, 15) is 4.79 Å². The lowest BCUT2D eigenvalue weighted by Gasteiger charge is -2.29. The van der Waals surface area contributed by atoms with Gasteiger partial charge in [-0.2, -0.15) is 0 Å². The van der Waals surface area contributed by atoms with Gasteiger partial charge in [0.2, 0.25) is 0 Å². The Morgan fingerprint density at radius 3 is 1.86 bits per heavy atom. The molecular formula is C26H20O2. The molecule has 2 aromatic carbocycles. The summed E-state index contributed by atoms with van der Waals surface area (Å²) in [5, 5.41) is 0. The Labute approximate surface area is 164 Å². The molecule has 136 valence electrons. The summed E-state index contributed by atoms with van der Waals surface area (Å²) in [5.41, 5.74) is 2.42. The van der Waals surface area contributed by atoms with E-state index in [1.807, 2.05) is 91.0 Å². The first-order valence-electron chi connectivity index (χ1n) is 9.58. The average Bonchev–Trinajstić information content (AvgIpc) is 3.38. The van der Waals surface area contributed by atoms with Crippen molar-refractivity contribution < 1.29 is 9.53 Å². The van der Waals surface area contributed by atoms with Crippen molar-refractivity contribution in [3.63, 3.8) is 0 Å². The van der Waals surface area contributed by atoms with Crippen LogP contribution >= 0.6 is 0 Å². The lowest BCUT2D eigenvalue weighted by atomic mass is 9.78. The van der Waals surface area contributed by atoms with Crippen LogP contribution in [0.4, 0.5) is 0 Å². The maximum absolute atomic E-state index is 13.2. The second-order valence-corrected chi connectivity index (χ2v) is 7.45. The highest BCUT2D eigenvalue weighted by atomic mass is 16.5. The van der Waals surface area contributed by atoms with E-state index in [1.54, 1.807) is 0 Å². The number of ether oxygens (including phenoxy) is 1. The van der Waals surface area contributed by atoms with Crippen LogP contribution in [0.5, 0.6) is 0 Å². The predicted octanol–water partition coefficient (Wildman–Crippen LogP) is 5.73. The summed E-state index contributed by atoms with van der Waals surface area (Å²) in [4.78, 5) is 13.2. The van der Waals surface area contributed by atoms with Gasteiger partial charge in [0, 0.05) is 17.0 Å². The van der Waals surface area contributed by atoms with E-state index in [1.165, 1.54) is 0 Å². The van der Waals surface area contributed by atoms with Crippen LogP contribution in [0.15, 0.2) is 109 Å². The minimum Gasteiger partial charge on any atom is -0.457 e. The van der Waals surface area contributed by atoms with Gasteiger partial charge >= 0.3 is 0 Å². The summed E-state index contributed by atoms with van der Waals surface area (Å²) < 4.78 is 6.27. The first-order chi connectivity index (χ1) is 13.7. The molecule has 0 N–H and O–H groups in total. The van der Waals surface area contributed by atoms with Crippen molar-refractivity contribution in [1.29, 1.82) is 0 Å². The second kappa shape index (κ2) is 6.65. The molecule has 2 aliphatic carbocycles. The average molecular weight is 364 g/mol. The van der Waals surface area contributed by atoms with E-state index in [4.69, 9.17) is 4.74 Å². The van der Waals surface area contributed by atoms with Crippen LogP contribution in [0.2, 0.25) is 0 Å². The number of carbonyl (C=O) groups excluding carboxylic acids is 1. The first-order valence-corrected chi connectivity index (χ1v) is 9.58. The van der Waals surface area contributed by atoms with Crippen LogP contribution in [0.25, 0.3) is 11.5 Å². The predicted molar refractivity (Wildman–Crippen MR) is 112 cm³/mol. The number of ketones is 1. The summed E-state index contributed by atoms with van der Waals surface area (Å²) in [6, 6.07) is 20.0. The molecule has 0 radical (unpaired) electrons. The summed E-state index contributed by atoms with van der Waals surface area (Å²) in [6.45, 7) is 0. The minimum atomic E-state index is -0.686. The van der Waals surface area contributed by atoms with Crippen molar-refractivity contribution in [2.24, 2.45) is 11.3 Å². The van der Waals surface area contributed by atoms with Gasteiger partial charge in [-0.15, -0.1) is 0 Å². The Bertz CT molecular complexity index is 998. The van der Waals surface area contributed by atoms with Crippen LogP contribution < -0.4 is 0 Å². The largest absolute Gasteiger partial charge is 0.457 e. The maximum atomic E-state index is 13.2. The lowest BCUT2D eigenvalue weighted by Crippen LogP contribution is -2.25. The van der Waals surface area contributed by atoms with Gasteiger partial charge in [0.05, 0.1) is 5.41 Å². The standard InChI is InChI=1S/C26H20O2/c27-25-15-22(19-9-7-8-10-19)16-26(25)17-23(20-11-3-1-4-12-20)28-24(18-26)21-13-5-2-6-14-21/h1-15,17-19H,16H2. The molecular weight excluding hydrogens is 344 g/mol. The maximum Gasteiger partial charge on any atom is 0.169 e. The Hall–Kier alpha value is -3.39. The summed E-state index contributed by atoms with van der Waals surface area (Å²) in [6.07, 6.45) is 14.9. The molecule has 2 nitrogen and oxygen atoms in total. The van der Waals surface area contributed by atoms with Crippen molar-refractivity contribution in [3.8, 4) is 0 Å². The molecule has 0 saturated heterocycles. The fourth-order valence-corrected chi connectivity index (χ4v) is 4.09. The Morgan fingerprint density at radius 2 is 1.32 bits per heavy atom. The molecule has 0 aromatic heterocycles. The zero-order valence-corrected chi connectivity index (χ0v) is 15.4. The number of benzene rings is 2. The fraction of sp³-hybridized carbons (Fsp3) is 0.115. The Morgan fingerprint density at radius 1 is 0.786 bits per heavy atom. The zero-order valence-electron chi connectivity index (χ0n) is 15.4. The van der Waals surface area contributed by atoms with Gasteiger partial charge in [-0.25, -0.2) is 0 Å². The molecule has 1 aliphatic heterocycles. The topological polar surface area (TPSA) is 26.3 Å². The number of hydrogen-bond acceptors (Lipinski definition) is 2. The molecule has 5 rings (SSSR count). The van der Waals surface area contributed by atoms with Gasteiger partial charge in [0.15, 0.2) is 5.78 Å². The molecule has 2 aromatic rings. The van der Waals surface area contributed by atoms with Gasteiger partial charge < -0.3 is 4.74 Å². The molecule has 0 atom stereocenters. The minimum absolute atomic E-state index is 0.126. The number of hydrogen-bond donors (Lipinski definition) is 0. The SMILES string of the molecule is O=C1C=C(C2C=CC=C2)CC12C=C(c1ccccc1)OC(c1ccccc1)=C2. The molecule has 2 heteroatoms. The van der Waals surface area contributed by atoms with Crippen LogP contribution in [-0.4, -0.2) is 5.78 Å². The quantitative estimate of drug-likeness (QED) is 0.695. The molecule has 0 bridgehead atoms. The molecule has 0 fully saturated rings. The van der Waals surface area contributed by atoms with Crippen molar-refractivity contribution in [1.82, 2.24) is 0 Å². The van der Waals surface area contributed by atoms with Crippen LogP contribution in [0.1, 0.15) is 17.5 Å². The third kappa shape index (κ3) is 2.87. The van der Waals surface area contributed by atoms with E-state index in [-0.39, 0.29) is 11.7 Å². The van der Waals surface area contributed by atoms with Crippen molar-refractivity contribution in [2.45, 2.75) is 6.42 Å². The smallest absolute Gasteiger partial charge is 0.169 e. The molecule has 28 heavy (non-hydrogen) atoms. The highest BCUT2D eigenvalue weighted by molar-refractivity contribution is 6.04. The van der Waals surface area contributed by atoms with Gasteiger partial charge in [0.25, 0.3) is 0 Å². The second-order valence-electron chi connectivity index (χ2n) is 7.45. The number of allylic oxidation sites excluding steroid dienone is 8. The highest BCUT2D eigenvalue weighted by Crippen LogP contribution is 2.48. The third-order valence-electron chi connectivity index (χ3n) is 5.56. The van der Waals surface area contributed by atoms with E-state index >= 15 is 0 Å². The molecule has 0 unspecified atom stereocenters. The normalized spacial score (nSPS) is 20.1. The van der Waals surface area contributed by atoms with E-state index < -0.39 is 5.41 Å². The molecule has 1 heterocycles. The summed E-state index contributed by atoms with van der Waals surface area (Å²) >= 11 is 0. The van der Waals surface area contributed by atoms with Crippen molar-refractivity contribution in [3.05, 3.63) is 120 Å². The number of carbonyl (C=O) groups is 1. The summed E-state index contributed by atoms with van der Waals surface area (Å²) in [7, 11) is 0. The molecule has 0 amide bonds. The first kappa shape index (κ1) is 16.8. The van der Waals surface area contributed by atoms with Gasteiger partial charge in [0.1, 0.15) is 11.5 Å². The van der Waals surface area contributed by atoms with E-state index in [2.05, 4.69) is 12.2 Å². The Kier molecular flexibility index (Phi) is 3.98. The molecule has 3 aliphatic rings. The van der Waals surface area contributed by atoms with Gasteiger partial charge in [-0.05, 0) is 24.6 Å². The van der Waals surface area contributed by atoms with Crippen molar-refractivity contribution in [2.75, 3.05) is 0 Å². The zero-order chi connectivity index (χ0) is 19.0. The Balaban J connectivity index is 1.59. The summed E-state index contributed by atoms with van der Waals surface area (Å²) in [5.74, 6) is 1.82. The number of rotatable bonds is 3. The lowest BCUT2D eigenvalue weighted by molar-refractivity contribution is -0.118. The van der Waals surface area contributed by atoms with Gasteiger partial charge in [-0.3, -0.25) is 4.79 Å². The fourth-order valence-electron chi connectivity index (χ4n) is 4.09. The van der Waals surface area contributed by atoms with Crippen molar-refractivity contribution >= 4 is 17.3 Å². The van der Waals surface area contributed by atoms with Gasteiger partial charge in [-0.1, -0.05) is 90.5 Å². The monoisotopic (exact) mass is 364 g/mol. The highest BCUT2D eigenvalue weighted by Gasteiger charge is 2.43. The van der Waals surface area contributed by atoms with Crippen LogP contribution in [0, 0.1) is 11.3 Å². The third-order valence-corrected chi connectivity index (χ3v) is 5.56.